The third-order valence-corrected chi connectivity index (χ3v) is 3.68. The van der Waals surface area contributed by atoms with Crippen molar-refractivity contribution >= 4 is 11.0 Å². The molecule has 1 atom stereocenters. The molecule has 2 heterocycles. The number of phenolic OH excluding ortho intramolecular Hbond substituents is 1. The molecule has 0 saturated carbocycles. The normalized spacial score (nSPS) is 21.5. The summed E-state index contributed by atoms with van der Waals surface area (Å²) in [4.78, 5) is 17.1. The molecule has 5 nitrogen and oxygen atoms in total. The summed E-state index contributed by atoms with van der Waals surface area (Å²) in [6.07, 6.45) is 2.05. The lowest BCUT2D eigenvalue weighted by Gasteiger charge is -2.30. The van der Waals surface area contributed by atoms with E-state index in [1.54, 1.807) is 16.7 Å². The van der Waals surface area contributed by atoms with Crippen LogP contribution in [0, 0.1) is 0 Å². The average Bonchev–Trinajstić information content (AvgIpc) is 2.67. The zero-order valence-electron chi connectivity index (χ0n) is 10.4. The van der Waals surface area contributed by atoms with Gasteiger partial charge in [0.1, 0.15) is 11.3 Å². The number of hydrogen-bond acceptors (Lipinski definition) is 3. The Morgan fingerprint density at radius 1 is 1.44 bits per heavy atom. The number of phenols is 1. The van der Waals surface area contributed by atoms with E-state index in [-0.39, 0.29) is 17.5 Å². The van der Waals surface area contributed by atoms with Crippen molar-refractivity contribution in [3.05, 3.63) is 28.7 Å². The highest BCUT2D eigenvalue weighted by Crippen LogP contribution is 2.28. The molecule has 1 aliphatic heterocycles. The molecule has 1 unspecified atom stereocenters. The summed E-state index contributed by atoms with van der Waals surface area (Å²) in [5, 5.41) is 9.97. The third-order valence-electron chi connectivity index (χ3n) is 3.68. The van der Waals surface area contributed by atoms with Gasteiger partial charge in [-0.05, 0) is 38.6 Å². The van der Waals surface area contributed by atoms with Crippen LogP contribution in [0.4, 0.5) is 0 Å². The van der Waals surface area contributed by atoms with Gasteiger partial charge in [0, 0.05) is 6.54 Å². The van der Waals surface area contributed by atoms with Crippen LogP contribution in [-0.4, -0.2) is 39.7 Å². The minimum atomic E-state index is -0.133. The highest BCUT2D eigenvalue weighted by molar-refractivity contribution is 5.81. The van der Waals surface area contributed by atoms with Crippen LogP contribution in [0.1, 0.15) is 18.9 Å². The maximum Gasteiger partial charge on any atom is 0.326 e. The number of H-pyrrole nitrogens is 1. The Labute approximate surface area is 105 Å². The fourth-order valence-electron chi connectivity index (χ4n) is 2.86. The van der Waals surface area contributed by atoms with Crippen molar-refractivity contribution in [3.63, 3.8) is 0 Å². The summed E-state index contributed by atoms with van der Waals surface area (Å²) in [6, 6.07) is 5.32. The van der Waals surface area contributed by atoms with Gasteiger partial charge >= 0.3 is 5.69 Å². The monoisotopic (exact) mass is 247 g/mol. The fraction of sp³-hybridized carbons (Fsp3) is 0.462. The van der Waals surface area contributed by atoms with Crippen molar-refractivity contribution in [1.82, 2.24) is 14.5 Å². The minimum absolute atomic E-state index is 0.133. The molecule has 0 radical (unpaired) electrons. The molecule has 1 saturated heterocycles. The number of rotatable bonds is 1. The number of nitrogens with one attached hydrogen (secondary N) is 1. The Bertz CT molecular complexity index is 629. The largest absolute Gasteiger partial charge is 0.506 e. The second-order valence-electron chi connectivity index (χ2n) is 5.03. The lowest BCUT2D eigenvalue weighted by atomic mass is 10.1. The molecule has 1 aromatic heterocycles. The van der Waals surface area contributed by atoms with Gasteiger partial charge in [0.2, 0.25) is 0 Å². The van der Waals surface area contributed by atoms with Gasteiger partial charge < -0.3 is 15.0 Å². The maximum atomic E-state index is 12.1. The zero-order chi connectivity index (χ0) is 12.7. The second kappa shape index (κ2) is 4.17. The number of imidazole rings is 1. The molecule has 96 valence electrons. The SMILES string of the molecule is CN1CCCC(n2c(=O)[nH]c3cccc(O)c32)C1. The number of nitrogens with zero attached hydrogens (tertiary/aromatic N) is 2. The standard InChI is InChI=1S/C13H17N3O2/c1-15-7-3-4-9(8-15)16-12-10(14-13(16)18)5-2-6-11(12)17/h2,5-6,9,17H,3-4,7-8H2,1H3,(H,14,18). The third kappa shape index (κ3) is 1.71. The number of para-hydroxylation sites is 1. The van der Waals surface area contributed by atoms with E-state index in [4.69, 9.17) is 0 Å². The van der Waals surface area contributed by atoms with E-state index in [1.165, 1.54) is 0 Å². The molecular formula is C13H17N3O2. The Morgan fingerprint density at radius 2 is 2.28 bits per heavy atom. The number of benzene rings is 1. The number of hydrogen-bond donors (Lipinski definition) is 2. The van der Waals surface area contributed by atoms with E-state index in [0.717, 1.165) is 25.9 Å². The molecule has 2 N–H and O–H groups in total. The van der Waals surface area contributed by atoms with E-state index in [1.807, 2.05) is 6.07 Å². The van der Waals surface area contributed by atoms with Gasteiger partial charge in [-0.1, -0.05) is 6.07 Å². The molecule has 2 aromatic rings. The van der Waals surface area contributed by atoms with Crippen molar-refractivity contribution < 1.29 is 5.11 Å². The molecule has 5 heteroatoms. The maximum absolute atomic E-state index is 12.1. The van der Waals surface area contributed by atoms with Crippen molar-refractivity contribution in [2.24, 2.45) is 0 Å². The van der Waals surface area contributed by atoms with Crippen molar-refractivity contribution in [3.8, 4) is 5.75 Å². The predicted octanol–water partition coefficient (Wildman–Crippen LogP) is 1.30. The lowest BCUT2D eigenvalue weighted by molar-refractivity contribution is 0.212. The fourth-order valence-corrected chi connectivity index (χ4v) is 2.86. The van der Waals surface area contributed by atoms with Gasteiger partial charge in [-0.3, -0.25) is 4.57 Å². The summed E-state index contributed by atoms with van der Waals surface area (Å²) in [5.41, 5.74) is 1.20. The van der Waals surface area contributed by atoms with E-state index >= 15 is 0 Å². The van der Waals surface area contributed by atoms with Crippen molar-refractivity contribution in [1.29, 1.82) is 0 Å². The van der Waals surface area contributed by atoms with Gasteiger partial charge in [-0.2, -0.15) is 0 Å². The number of fused-ring (bicyclic) bond motifs is 1. The summed E-state index contributed by atoms with van der Waals surface area (Å²) in [5.74, 6) is 0.166. The highest BCUT2D eigenvalue weighted by atomic mass is 16.3. The topological polar surface area (TPSA) is 61.3 Å². The molecular weight excluding hydrogens is 230 g/mol. The first-order chi connectivity index (χ1) is 8.66. The van der Waals surface area contributed by atoms with Gasteiger partial charge in [0.25, 0.3) is 0 Å². The summed E-state index contributed by atoms with van der Waals surface area (Å²) < 4.78 is 1.71. The smallest absolute Gasteiger partial charge is 0.326 e. The minimum Gasteiger partial charge on any atom is -0.506 e. The average molecular weight is 247 g/mol. The molecule has 0 bridgehead atoms. The Balaban J connectivity index is 2.16. The Hall–Kier alpha value is -1.75. The van der Waals surface area contributed by atoms with E-state index in [2.05, 4.69) is 16.9 Å². The first-order valence-corrected chi connectivity index (χ1v) is 6.27. The first kappa shape index (κ1) is 11.3. The molecule has 0 aliphatic carbocycles. The van der Waals surface area contributed by atoms with Crippen LogP contribution >= 0.6 is 0 Å². The second-order valence-corrected chi connectivity index (χ2v) is 5.03. The van der Waals surface area contributed by atoms with Crippen molar-refractivity contribution in [2.75, 3.05) is 20.1 Å². The number of likely N-dealkylation sites (N-methyl/N-ethyl adjacent to an activating group) is 1. The number of aromatic nitrogens is 2. The summed E-state index contributed by atoms with van der Waals surface area (Å²) >= 11 is 0. The van der Waals surface area contributed by atoms with Gasteiger partial charge in [-0.15, -0.1) is 0 Å². The first-order valence-electron chi connectivity index (χ1n) is 6.27. The van der Waals surface area contributed by atoms with Crippen molar-refractivity contribution in [2.45, 2.75) is 18.9 Å². The van der Waals surface area contributed by atoms with Crippen LogP contribution in [0.3, 0.4) is 0 Å². The zero-order valence-corrected chi connectivity index (χ0v) is 10.4. The number of piperidine rings is 1. The lowest BCUT2D eigenvalue weighted by Crippen LogP contribution is -2.36. The molecule has 1 aliphatic rings. The molecule has 0 spiro atoms. The predicted molar refractivity (Wildman–Crippen MR) is 70.0 cm³/mol. The van der Waals surface area contributed by atoms with Crippen LogP contribution in [0.5, 0.6) is 5.75 Å². The quantitative estimate of drug-likeness (QED) is 0.798. The molecule has 18 heavy (non-hydrogen) atoms. The Morgan fingerprint density at radius 3 is 3.06 bits per heavy atom. The molecule has 3 rings (SSSR count). The van der Waals surface area contributed by atoms with Gasteiger partial charge in [0.15, 0.2) is 0 Å². The molecule has 0 amide bonds. The Kier molecular flexibility index (Phi) is 2.63. The number of aromatic amines is 1. The van der Waals surface area contributed by atoms with E-state index in [0.29, 0.717) is 11.0 Å². The molecule has 1 fully saturated rings. The summed E-state index contributed by atoms with van der Waals surface area (Å²) in [7, 11) is 2.06. The van der Waals surface area contributed by atoms with Crippen LogP contribution in [0.2, 0.25) is 0 Å². The van der Waals surface area contributed by atoms with Crippen LogP contribution in [0.25, 0.3) is 11.0 Å². The summed E-state index contributed by atoms with van der Waals surface area (Å²) in [6.45, 7) is 1.92. The molecule has 1 aromatic carbocycles. The van der Waals surface area contributed by atoms with Gasteiger partial charge in [0.05, 0.1) is 11.6 Å². The van der Waals surface area contributed by atoms with Crippen LogP contribution in [-0.2, 0) is 0 Å². The number of likely N-dealkylation sites (tertiary alicyclic amines) is 1. The van der Waals surface area contributed by atoms with Crippen LogP contribution < -0.4 is 5.69 Å². The highest BCUT2D eigenvalue weighted by Gasteiger charge is 2.23. The van der Waals surface area contributed by atoms with E-state index in [9.17, 15) is 9.90 Å². The van der Waals surface area contributed by atoms with Gasteiger partial charge in [-0.25, -0.2) is 4.79 Å². The van der Waals surface area contributed by atoms with Crippen LogP contribution in [0.15, 0.2) is 23.0 Å². The van der Waals surface area contributed by atoms with E-state index < -0.39 is 0 Å². The number of aromatic hydroxyl groups is 1.